The summed E-state index contributed by atoms with van der Waals surface area (Å²) in [5, 5.41) is 2.86. The topological polar surface area (TPSA) is 121 Å². The Labute approximate surface area is 182 Å². The van der Waals surface area contributed by atoms with E-state index in [1.807, 2.05) is 6.07 Å². The summed E-state index contributed by atoms with van der Waals surface area (Å²) >= 11 is 0. The number of hydrogen-bond donors (Lipinski definition) is 2. The second-order valence-electron chi connectivity index (χ2n) is 7.58. The lowest BCUT2D eigenvalue weighted by Crippen LogP contribution is -2.45. The highest BCUT2D eigenvalue weighted by Crippen LogP contribution is 2.30. The van der Waals surface area contributed by atoms with Crippen molar-refractivity contribution < 1.29 is 22.7 Å². The Kier molecular flexibility index (Phi) is 7.11. The Morgan fingerprint density at radius 2 is 2.10 bits per heavy atom. The summed E-state index contributed by atoms with van der Waals surface area (Å²) in [6, 6.07) is 3.65. The maximum atomic E-state index is 13.5. The van der Waals surface area contributed by atoms with Crippen LogP contribution in [0.4, 0.5) is 0 Å². The minimum Gasteiger partial charge on any atom is -0.462 e. The zero-order valence-corrected chi connectivity index (χ0v) is 18.8. The van der Waals surface area contributed by atoms with Crippen LogP contribution in [0.5, 0.6) is 0 Å². The predicted octanol–water partition coefficient (Wildman–Crippen LogP) is 1.92. The van der Waals surface area contributed by atoms with Crippen LogP contribution < -0.4 is 5.32 Å². The van der Waals surface area contributed by atoms with Gasteiger partial charge in [0, 0.05) is 43.4 Å². The number of sulfonamides is 1. The van der Waals surface area contributed by atoms with Crippen LogP contribution >= 0.6 is 0 Å². The molecular weight excluding hydrogens is 420 g/mol. The van der Waals surface area contributed by atoms with E-state index in [4.69, 9.17) is 4.74 Å². The third kappa shape index (κ3) is 4.96. The number of esters is 1. The third-order valence-electron chi connectivity index (χ3n) is 5.34. The van der Waals surface area contributed by atoms with Gasteiger partial charge in [0.25, 0.3) is 0 Å². The molecule has 0 spiro atoms. The first kappa shape index (κ1) is 23.0. The van der Waals surface area contributed by atoms with Crippen LogP contribution in [-0.4, -0.2) is 54.3 Å². The van der Waals surface area contributed by atoms with Gasteiger partial charge in [-0.2, -0.15) is 4.31 Å². The lowest BCUT2D eigenvalue weighted by Gasteiger charge is -2.31. The number of amides is 1. The van der Waals surface area contributed by atoms with E-state index in [1.54, 1.807) is 39.2 Å². The van der Waals surface area contributed by atoms with E-state index in [9.17, 15) is 18.0 Å². The highest BCUT2D eigenvalue weighted by molar-refractivity contribution is 7.89. The van der Waals surface area contributed by atoms with Gasteiger partial charge in [-0.3, -0.25) is 9.78 Å². The maximum Gasteiger partial charge on any atom is 0.341 e. The Balaban J connectivity index is 1.78. The normalized spacial score (nSPS) is 17.3. The monoisotopic (exact) mass is 448 g/mol. The van der Waals surface area contributed by atoms with Gasteiger partial charge in [-0.05, 0) is 45.2 Å². The minimum atomic E-state index is -3.99. The molecule has 1 fully saturated rings. The van der Waals surface area contributed by atoms with Crippen molar-refractivity contribution in [2.45, 2.75) is 45.1 Å². The number of nitrogens with zero attached hydrogens (tertiary/aromatic N) is 2. The molecule has 0 aromatic carbocycles. The molecule has 0 bridgehead atoms. The molecule has 0 unspecified atom stereocenters. The standard InChI is InChI=1S/C21H28N4O5S/c1-4-30-21(27)18-14(2)24-15(3)19(18)31(28,29)25-10-6-8-17(13-25)20(26)23-12-16-7-5-9-22-11-16/h5,7,9,11,17,24H,4,6,8,10,12-13H2,1-3H3,(H,23,26)/t17-/m0/s1. The van der Waals surface area contributed by atoms with Crippen molar-refractivity contribution in [1.82, 2.24) is 19.6 Å². The molecule has 0 saturated carbocycles. The lowest BCUT2D eigenvalue weighted by atomic mass is 9.99. The van der Waals surface area contributed by atoms with Crippen LogP contribution in [0.2, 0.25) is 0 Å². The quantitative estimate of drug-likeness (QED) is 0.624. The summed E-state index contributed by atoms with van der Waals surface area (Å²) in [6.07, 6.45) is 4.48. The van der Waals surface area contributed by atoms with Crippen LogP contribution in [0.3, 0.4) is 0 Å². The number of pyridine rings is 1. The average Bonchev–Trinajstić information content (AvgIpc) is 3.07. The number of nitrogens with one attached hydrogen (secondary N) is 2. The van der Waals surface area contributed by atoms with Crippen molar-refractivity contribution in [2.75, 3.05) is 19.7 Å². The number of rotatable bonds is 7. The fraction of sp³-hybridized carbons (Fsp3) is 0.476. The van der Waals surface area contributed by atoms with Crippen LogP contribution in [-0.2, 0) is 26.1 Å². The fourth-order valence-electron chi connectivity index (χ4n) is 3.87. The second-order valence-corrected chi connectivity index (χ2v) is 9.46. The lowest BCUT2D eigenvalue weighted by molar-refractivity contribution is -0.126. The van der Waals surface area contributed by atoms with Crippen LogP contribution in [0.15, 0.2) is 29.4 Å². The zero-order valence-electron chi connectivity index (χ0n) is 18.0. The summed E-state index contributed by atoms with van der Waals surface area (Å²) in [4.78, 5) is 32.0. The van der Waals surface area contributed by atoms with Gasteiger partial charge >= 0.3 is 5.97 Å². The van der Waals surface area contributed by atoms with Crippen molar-refractivity contribution in [1.29, 1.82) is 0 Å². The highest BCUT2D eigenvalue weighted by Gasteiger charge is 2.38. The number of H-pyrrole nitrogens is 1. The zero-order chi connectivity index (χ0) is 22.6. The van der Waals surface area contributed by atoms with E-state index in [0.717, 1.165) is 5.56 Å². The molecule has 1 saturated heterocycles. The Bertz CT molecular complexity index is 1050. The van der Waals surface area contributed by atoms with Gasteiger partial charge in [0.1, 0.15) is 10.5 Å². The summed E-state index contributed by atoms with van der Waals surface area (Å²) in [6.45, 7) is 5.76. The molecule has 31 heavy (non-hydrogen) atoms. The summed E-state index contributed by atoms with van der Waals surface area (Å²) in [5.74, 6) is -1.34. The Morgan fingerprint density at radius 1 is 1.32 bits per heavy atom. The molecule has 2 N–H and O–H groups in total. The second kappa shape index (κ2) is 9.61. The molecule has 1 atom stereocenters. The first-order valence-corrected chi connectivity index (χ1v) is 11.7. The maximum absolute atomic E-state index is 13.5. The van der Waals surface area contributed by atoms with Gasteiger partial charge in [-0.1, -0.05) is 6.07 Å². The van der Waals surface area contributed by atoms with Crippen molar-refractivity contribution in [3.8, 4) is 0 Å². The van der Waals surface area contributed by atoms with Crippen molar-refractivity contribution >= 4 is 21.9 Å². The summed E-state index contributed by atoms with van der Waals surface area (Å²) in [7, 11) is -3.99. The largest absolute Gasteiger partial charge is 0.462 e. The minimum absolute atomic E-state index is 0.0301. The average molecular weight is 449 g/mol. The number of aromatic nitrogens is 2. The fourth-order valence-corrected chi connectivity index (χ4v) is 5.81. The molecule has 1 aliphatic rings. The van der Waals surface area contributed by atoms with Crippen LogP contribution in [0.1, 0.15) is 47.1 Å². The number of hydrogen-bond acceptors (Lipinski definition) is 6. The Hall–Kier alpha value is -2.72. The molecule has 3 heterocycles. The van der Waals surface area contributed by atoms with Crippen molar-refractivity contribution in [2.24, 2.45) is 5.92 Å². The Morgan fingerprint density at radius 3 is 2.77 bits per heavy atom. The molecule has 2 aromatic heterocycles. The van der Waals surface area contributed by atoms with Gasteiger partial charge < -0.3 is 15.0 Å². The van der Waals surface area contributed by atoms with Crippen LogP contribution in [0, 0.1) is 19.8 Å². The number of aromatic amines is 1. The summed E-state index contributed by atoms with van der Waals surface area (Å²) < 4.78 is 33.3. The predicted molar refractivity (Wildman–Crippen MR) is 114 cm³/mol. The van der Waals surface area contributed by atoms with E-state index in [1.165, 1.54) is 4.31 Å². The van der Waals surface area contributed by atoms with E-state index in [0.29, 0.717) is 37.3 Å². The van der Waals surface area contributed by atoms with Gasteiger partial charge in [0.15, 0.2) is 0 Å². The first-order chi connectivity index (χ1) is 14.8. The molecule has 2 aromatic rings. The van der Waals surface area contributed by atoms with E-state index in [2.05, 4.69) is 15.3 Å². The number of carbonyl (C=O) groups is 2. The molecule has 0 aliphatic carbocycles. The van der Waals surface area contributed by atoms with E-state index < -0.39 is 21.9 Å². The molecule has 3 rings (SSSR count). The smallest absolute Gasteiger partial charge is 0.341 e. The molecular formula is C21H28N4O5S. The van der Waals surface area contributed by atoms with Crippen LogP contribution in [0.25, 0.3) is 0 Å². The van der Waals surface area contributed by atoms with E-state index >= 15 is 0 Å². The SMILES string of the molecule is CCOC(=O)c1c(C)[nH]c(C)c1S(=O)(=O)N1CCC[C@H](C(=O)NCc2cccnc2)C1. The number of piperidine rings is 1. The van der Waals surface area contributed by atoms with Crippen molar-refractivity contribution in [3.63, 3.8) is 0 Å². The van der Waals surface area contributed by atoms with Gasteiger partial charge in [-0.25, -0.2) is 13.2 Å². The first-order valence-electron chi connectivity index (χ1n) is 10.3. The molecule has 9 nitrogen and oxygen atoms in total. The molecule has 10 heteroatoms. The van der Waals surface area contributed by atoms with E-state index in [-0.39, 0.29) is 29.5 Å². The highest BCUT2D eigenvalue weighted by atomic mass is 32.2. The number of aryl methyl sites for hydroxylation is 2. The molecule has 1 aliphatic heterocycles. The molecule has 168 valence electrons. The third-order valence-corrected chi connectivity index (χ3v) is 7.38. The summed E-state index contributed by atoms with van der Waals surface area (Å²) in [5.41, 5.74) is 1.72. The molecule has 1 amide bonds. The van der Waals surface area contributed by atoms with Gasteiger partial charge in [-0.15, -0.1) is 0 Å². The number of carbonyl (C=O) groups excluding carboxylic acids is 2. The van der Waals surface area contributed by atoms with Crippen molar-refractivity contribution in [3.05, 3.63) is 47.0 Å². The number of ether oxygens (including phenoxy) is 1. The van der Waals surface area contributed by atoms with Gasteiger partial charge in [0.05, 0.1) is 12.5 Å². The molecule has 0 radical (unpaired) electrons. The van der Waals surface area contributed by atoms with Gasteiger partial charge in [0.2, 0.25) is 15.9 Å².